The van der Waals surface area contributed by atoms with Crippen LogP contribution in [0, 0.1) is 5.82 Å². The SMILES string of the molecule is Oc1cnc(-c2ccc(F)cc2Br)[nH]1. The second kappa shape index (κ2) is 3.42. The molecule has 72 valence electrons. The average molecular weight is 257 g/mol. The van der Waals surface area contributed by atoms with Gasteiger partial charge in [-0.1, -0.05) is 0 Å². The Morgan fingerprint density at radius 1 is 1.43 bits per heavy atom. The van der Waals surface area contributed by atoms with Gasteiger partial charge in [0.2, 0.25) is 5.88 Å². The van der Waals surface area contributed by atoms with Gasteiger partial charge in [0.25, 0.3) is 0 Å². The molecule has 1 aromatic heterocycles. The van der Waals surface area contributed by atoms with Gasteiger partial charge in [-0.2, -0.15) is 0 Å². The van der Waals surface area contributed by atoms with Crippen LogP contribution in [-0.2, 0) is 0 Å². The minimum absolute atomic E-state index is 0.0174. The molecule has 0 radical (unpaired) electrons. The fraction of sp³-hybridized carbons (Fsp3) is 0. The highest BCUT2D eigenvalue weighted by Gasteiger charge is 2.07. The van der Waals surface area contributed by atoms with Crippen molar-refractivity contribution in [3.8, 4) is 17.3 Å². The van der Waals surface area contributed by atoms with E-state index in [0.29, 0.717) is 15.9 Å². The number of H-pyrrole nitrogens is 1. The number of aromatic nitrogens is 2. The van der Waals surface area contributed by atoms with Gasteiger partial charge >= 0.3 is 0 Å². The monoisotopic (exact) mass is 256 g/mol. The Kier molecular flexibility index (Phi) is 2.25. The number of imidazole rings is 1. The fourth-order valence-corrected chi connectivity index (χ4v) is 1.67. The summed E-state index contributed by atoms with van der Waals surface area (Å²) in [6, 6.07) is 4.26. The molecule has 3 nitrogen and oxygen atoms in total. The molecule has 0 amide bonds. The number of rotatable bonds is 1. The number of aromatic hydroxyl groups is 1. The third-order valence-electron chi connectivity index (χ3n) is 1.75. The van der Waals surface area contributed by atoms with Crippen molar-refractivity contribution in [3.63, 3.8) is 0 Å². The van der Waals surface area contributed by atoms with E-state index >= 15 is 0 Å². The normalized spacial score (nSPS) is 10.4. The smallest absolute Gasteiger partial charge is 0.208 e. The van der Waals surface area contributed by atoms with Crippen molar-refractivity contribution in [3.05, 3.63) is 34.7 Å². The minimum Gasteiger partial charge on any atom is -0.493 e. The summed E-state index contributed by atoms with van der Waals surface area (Å²) in [4.78, 5) is 6.56. The molecule has 2 rings (SSSR count). The van der Waals surface area contributed by atoms with Crippen LogP contribution in [0.25, 0.3) is 11.4 Å². The first kappa shape index (κ1) is 9.21. The summed E-state index contributed by atoms with van der Waals surface area (Å²) < 4.78 is 13.3. The highest BCUT2D eigenvalue weighted by Crippen LogP contribution is 2.27. The van der Waals surface area contributed by atoms with Crippen molar-refractivity contribution < 1.29 is 9.50 Å². The van der Waals surface area contributed by atoms with Crippen LogP contribution in [0.15, 0.2) is 28.9 Å². The van der Waals surface area contributed by atoms with Crippen molar-refractivity contribution >= 4 is 15.9 Å². The van der Waals surface area contributed by atoms with E-state index in [2.05, 4.69) is 25.9 Å². The molecular formula is C9H6BrFN2O. The second-order valence-corrected chi connectivity index (χ2v) is 3.60. The third kappa shape index (κ3) is 1.63. The van der Waals surface area contributed by atoms with Gasteiger partial charge in [0.15, 0.2) is 0 Å². The lowest BCUT2D eigenvalue weighted by atomic mass is 10.2. The lowest BCUT2D eigenvalue weighted by molar-refractivity contribution is 0.457. The van der Waals surface area contributed by atoms with Crippen molar-refractivity contribution in [1.82, 2.24) is 9.97 Å². The molecule has 0 fully saturated rings. The minimum atomic E-state index is -0.323. The quantitative estimate of drug-likeness (QED) is 0.825. The van der Waals surface area contributed by atoms with E-state index in [1.165, 1.54) is 18.3 Å². The van der Waals surface area contributed by atoms with Crippen LogP contribution in [0.4, 0.5) is 4.39 Å². The molecule has 0 aliphatic heterocycles. The fourth-order valence-electron chi connectivity index (χ4n) is 1.13. The highest BCUT2D eigenvalue weighted by molar-refractivity contribution is 9.10. The molecule has 14 heavy (non-hydrogen) atoms. The van der Waals surface area contributed by atoms with E-state index in [0.717, 1.165) is 0 Å². The van der Waals surface area contributed by atoms with E-state index in [4.69, 9.17) is 5.11 Å². The summed E-state index contributed by atoms with van der Waals surface area (Å²) in [5, 5.41) is 9.05. The summed E-state index contributed by atoms with van der Waals surface area (Å²) in [6.07, 6.45) is 1.30. The maximum Gasteiger partial charge on any atom is 0.208 e. The number of nitrogens with zero attached hydrogens (tertiary/aromatic N) is 1. The van der Waals surface area contributed by atoms with Gasteiger partial charge in [0.05, 0.1) is 6.20 Å². The van der Waals surface area contributed by atoms with Gasteiger partial charge in [-0.3, -0.25) is 0 Å². The van der Waals surface area contributed by atoms with E-state index < -0.39 is 0 Å². The van der Waals surface area contributed by atoms with Crippen LogP contribution in [0.5, 0.6) is 5.88 Å². The molecule has 0 unspecified atom stereocenters. The molecule has 2 N–H and O–H groups in total. The van der Waals surface area contributed by atoms with Crippen LogP contribution in [0.3, 0.4) is 0 Å². The largest absolute Gasteiger partial charge is 0.493 e. The summed E-state index contributed by atoms with van der Waals surface area (Å²) in [5.41, 5.74) is 0.701. The predicted octanol–water partition coefficient (Wildman–Crippen LogP) is 2.68. The molecule has 0 aliphatic rings. The molecular weight excluding hydrogens is 251 g/mol. The number of hydrogen-bond donors (Lipinski definition) is 2. The van der Waals surface area contributed by atoms with Gasteiger partial charge in [-0.15, -0.1) is 0 Å². The third-order valence-corrected chi connectivity index (χ3v) is 2.40. The molecule has 0 bridgehead atoms. The van der Waals surface area contributed by atoms with E-state index in [9.17, 15) is 4.39 Å². The first-order valence-corrected chi connectivity index (χ1v) is 4.65. The van der Waals surface area contributed by atoms with Gasteiger partial charge in [-0.25, -0.2) is 9.37 Å². The van der Waals surface area contributed by atoms with Gasteiger partial charge in [-0.05, 0) is 34.1 Å². The molecule has 1 aromatic carbocycles. The van der Waals surface area contributed by atoms with Gasteiger partial charge in [0, 0.05) is 10.0 Å². The molecule has 0 spiro atoms. The standard InChI is InChI=1S/C9H6BrFN2O/c10-7-3-5(11)1-2-6(7)9-12-4-8(14)13-9/h1-4,14H,(H,12,13). The predicted molar refractivity (Wildman–Crippen MR) is 53.3 cm³/mol. The summed E-state index contributed by atoms with van der Waals surface area (Å²) in [7, 11) is 0. The van der Waals surface area contributed by atoms with Crippen LogP contribution in [0.2, 0.25) is 0 Å². The van der Waals surface area contributed by atoms with Gasteiger partial charge < -0.3 is 10.1 Å². The Balaban J connectivity index is 2.52. The van der Waals surface area contributed by atoms with Crippen molar-refractivity contribution in [1.29, 1.82) is 0 Å². The number of aromatic amines is 1. The number of benzene rings is 1. The highest BCUT2D eigenvalue weighted by atomic mass is 79.9. The van der Waals surface area contributed by atoms with E-state index in [1.807, 2.05) is 0 Å². The molecule has 0 aliphatic carbocycles. The van der Waals surface area contributed by atoms with Crippen molar-refractivity contribution in [2.24, 2.45) is 0 Å². The molecule has 0 saturated heterocycles. The molecule has 2 aromatic rings. The van der Waals surface area contributed by atoms with Crippen LogP contribution in [0.1, 0.15) is 0 Å². The molecule has 0 saturated carbocycles. The first-order valence-electron chi connectivity index (χ1n) is 3.86. The van der Waals surface area contributed by atoms with Crippen molar-refractivity contribution in [2.45, 2.75) is 0 Å². The molecule has 0 atom stereocenters. The van der Waals surface area contributed by atoms with Gasteiger partial charge in [0.1, 0.15) is 11.6 Å². The Morgan fingerprint density at radius 2 is 2.21 bits per heavy atom. The van der Waals surface area contributed by atoms with Crippen LogP contribution >= 0.6 is 15.9 Å². The zero-order chi connectivity index (χ0) is 10.1. The average Bonchev–Trinajstić information content (AvgIpc) is 2.51. The molecule has 1 heterocycles. The summed E-state index contributed by atoms with van der Waals surface area (Å²) in [6.45, 7) is 0. The maximum absolute atomic E-state index is 12.8. The zero-order valence-corrected chi connectivity index (χ0v) is 8.55. The van der Waals surface area contributed by atoms with Crippen LogP contribution < -0.4 is 0 Å². The molecule has 5 heteroatoms. The lowest BCUT2D eigenvalue weighted by Crippen LogP contribution is -1.83. The second-order valence-electron chi connectivity index (χ2n) is 2.74. The first-order chi connectivity index (χ1) is 6.66. The Hall–Kier alpha value is -1.36. The number of halogens is 2. The Labute approximate surface area is 87.7 Å². The van der Waals surface area contributed by atoms with E-state index in [-0.39, 0.29) is 11.7 Å². The Morgan fingerprint density at radius 3 is 2.79 bits per heavy atom. The topological polar surface area (TPSA) is 48.9 Å². The number of nitrogens with one attached hydrogen (secondary N) is 1. The van der Waals surface area contributed by atoms with Crippen LogP contribution in [-0.4, -0.2) is 15.1 Å². The lowest BCUT2D eigenvalue weighted by Gasteiger charge is -1.99. The van der Waals surface area contributed by atoms with E-state index in [1.54, 1.807) is 6.07 Å². The summed E-state index contributed by atoms with van der Waals surface area (Å²) in [5.74, 6) is 0.155. The van der Waals surface area contributed by atoms with Crippen molar-refractivity contribution in [2.75, 3.05) is 0 Å². The summed E-state index contributed by atoms with van der Waals surface area (Å²) >= 11 is 3.21. The zero-order valence-electron chi connectivity index (χ0n) is 6.96. The maximum atomic E-state index is 12.8. The Bertz CT molecular complexity index is 470. The number of hydrogen-bond acceptors (Lipinski definition) is 2.